The molecular formula is C23H27NO4. The van der Waals surface area contributed by atoms with E-state index in [4.69, 9.17) is 9.47 Å². The molecule has 148 valence electrons. The Morgan fingerprint density at radius 3 is 2.86 bits per heavy atom. The minimum atomic E-state index is -0.431. The Morgan fingerprint density at radius 1 is 1.29 bits per heavy atom. The quantitative estimate of drug-likeness (QED) is 0.475. The second-order valence-corrected chi connectivity index (χ2v) is 7.37. The summed E-state index contributed by atoms with van der Waals surface area (Å²) in [6.45, 7) is 6.64. The van der Waals surface area contributed by atoms with Crippen LogP contribution in [0.15, 0.2) is 65.8 Å². The lowest BCUT2D eigenvalue weighted by Crippen LogP contribution is -2.24. The zero-order valence-corrected chi connectivity index (χ0v) is 16.3. The molecule has 1 aliphatic heterocycles. The van der Waals surface area contributed by atoms with Crippen LogP contribution < -0.4 is 5.32 Å². The highest BCUT2D eigenvalue weighted by atomic mass is 16.6. The number of esters is 1. The Labute approximate surface area is 166 Å². The van der Waals surface area contributed by atoms with Gasteiger partial charge in [0, 0.05) is 18.0 Å². The van der Waals surface area contributed by atoms with E-state index in [1.54, 1.807) is 0 Å². The fourth-order valence-corrected chi connectivity index (χ4v) is 3.54. The van der Waals surface area contributed by atoms with Crippen LogP contribution in [0.2, 0.25) is 0 Å². The predicted molar refractivity (Wildman–Crippen MR) is 107 cm³/mol. The van der Waals surface area contributed by atoms with Gasteiger partial charge in [0.2, 0.25) is 0 Å². The van der Waals surface area contributed by atoms with E-state index in [1.165, 1.54) is 5.57 Å². The topological polar surface area (TPSA) is 64.6 Å². The van der Waals surface area contributed by atoms with Crippen molar-refractivity contribution in [3.63, 3.8) is 0 Å². The molecule has 5 nitrogen and oxygen atoms in total. The Hall–Kier alpha value is -2.82. The predicted octanol–water partition coefficient (Wildman–Crippen LogP) is 4.46. The molecule has 2 unspecified atom stereocenters. The van der Waals surface area contributed by atoms with Crippen LogP contribution in [-0.4, -0.2) is 24.8 Å². The Bertz CT molecular complexity index is 794. The van der Waals surface area contributed by atoms with E-state index < -0.39 is 6.09 Å². The van der Waals surface area contributed by atoms with Crippen LogP contribution in [0.3, 0.4) is 0 Å². The average molecular weight is 381 g/mol. The minimum absolute atomic E-state index is 0.0177. The third-order valence-corrected chi connectivity index (χ3v) is 5.21. The maximum absolute atomic E-state index is 12.0. The molecule has 2 atom stereocenters. The first-order chi connectivity index (χ1) is 13.5. The summed E-state index contributed by atoms with van der Waals surface area (Å²) in [5, 5.41) is 2.77. The fraction of sp³-hybridized carbons (Fsp3) is 0.391. The molecule has 1 saturated heterocycles. The molecule has 1 fully saturated rings. The van der Waals surface area contributed by atoms with Crippen molar-refractivity contribution in [2.24, 2.45) is 5.92 Å². The largest absolute Gasteiger partial charge is 0.454 e. The smallest absolute Gasteiger partial charge is 0.407 e. The Balaban J connectivity index is 1.54. The van der Waals surface area contributed by atoms with Crippen molar-refractivity contribution in [3.05, 3.63) is 71.3 Å². The molecule has 1 N–H and O–H groups in total. The number of carbonyl (C=O) groups is 2. The molecule has 2 aliphatic rings. The summed E-state index contributed by atoms with van der Waals surface area (Å²) in [4.78, 5) is 23.9. The molecule has 0 saturated carbocycles. The molecule has 0 aromatic heterocycles. The van der Waals surface area contributed by atoms with Crippen molar-refractivity contribution in [2.45, 2.75) is 45.3 Å². The number of alkyl carbamates (subject to hydrolysis) is 1. The van der Waals surface area contributed by atoms with Gasteiger partial charge >= 0.3 is 12.1 Å². The molecule has 1 heterocycles. The van der Waals surface area contributed by atoms with E-state index in [0.717, 1.165) is 36.8 Å². The molecule has 1 aromatic rings. The molecule has 1 amide bonds. The zero-order valence-electron chi connectivity index (χ0n) is 16.3. The number of carbonyl (C=O) groups excluding carboxylic acids is 2. The molecule has 3 rings (SSSR count). The summed E-state index contributed by atoms with van der Waals surface area (Å²) in [6.07, 6.45) is 6.79. The van der Waals surface area contributed by atoms with Crippen LogP contribution in [0, 0.1) is 5.92 Å². The van der Waals surface area contributed by atoms with Crippen LogP contribution in [0.1, 0.15) is 38.2 Å². The van der Waals surface area contributed by atoms with Crippen LogP contribution in [-0.2, 0) is 20.8 Å². The maximum Gasteiger partial charge on any atom is 0.407 e. The van der Waals surface area contributed by atoms with Gasteiger partial charge in [0.25, 0.3) is 0 Å². The number of hydrogen-bond donors (Lipinski definition) is 1. The van der Waals surface area contributed by atoms with Crippen molar-refractivity contribution in [3.8, 4) is 0 Å². The molecule has 0 bridgehead atoms. The molecule has 0 spiro atoms. The normalized spacial score (nSPS) is 22.5. The Kier molecular flexibility index (Phi) is 6.69. The highest BCUT2D eigenvalue weighted by molar-refractivity contribution is 5.91. The number of amides is 1. The summed E-state index contributed by atoms with van der Waals surface area (Å²) in [6, 6.07) is 9.71. The van der Waals surface area contributed by atoms with E-state index in [1.807, 2.05) is 36.4 Å². The van der Waals surface area contributed by atoms with Crippen molar-refractivity contribution in [1.29, 1.82) is 0 Å². The number of allylic oxidation sites excluding steroid dienone is 2. The maximum atomic E-state index is 12.0. The summed E-state index contributed by atoms with van der Waals surface area (Å²) in [5.74, 6) is -0.323. The summed E-state index contributed by atoms with van der Waals surface area (Å²) < 4.78 is 10.9. The van der Waals surface area contributed by atoms with E-state index >= 15 is 0 Å². The lowest BCUT2D eigenvalue weighted by atomic mass is 9.88. The van der Waals surface area contributed by atoms with Gasteiger partial charge in [-0.15, -0.1) is 0 Å². The first-order valence-corrected chi connectivity index (χ1v) is 9.72. The number of benzene rings is 1. The summed E-state index contributed by atoms with van der Waals surface area (Å²) in [5.41, 5.74) is 3.82. The standard InChI is InChI=1S/C23H27NO4/c1-16-7-6-10-19(11-12-20-17(2)22(25)28-21(20)13-16)15-27-23(26)24-14-18-8-4-3-5-9-18/h3-5,8-10,13,20-21H,2,6-7,11-12,14-15H2,1H3,(H,24,26). The third-order valence-electron chi connectivity index (χ3n) is 5.21. The molecular weight excluding hydrogens is 354 g/mol. The van der Waals surface area contributed by atoms with Crippen molar-refractivity contribution >= 4 is 12.1 Å². The highest BCUT2D eigenvalue weighted by Gasteiger charge is 2.37. The van der Waals surface area contributed by atoms with Crippen molar-refractivity contribution < 1.29 is 19.1 Å². The number of nitrogens with one attached hydrogen (secondary N) is 1. The van der Waals surface area contributed by atoms with Gasteiger partial charge in [-0.3, -0.25) is 0 Å². The first-order valence-electron chi connectivity index (χ1n) is 9.72. The lowest BCUT2D eigenvalue weighted by Gasteiger charge is -2.18. The van der Waals surface area contributed by atoms with Crippen LogP contribution in [0.4, 0.5) is 4.79 Å². The Morgan fingerprint density at radius 2 is 2.07 bits per heavy atom. The monoisotopic (exact) mass is 381 g/mol. The molecule has 0 radical (unpaired) electrons. The van der Waals surface area contributed by atoms with Gasteiger partial charge in [-0.05, 0) is 49.8 Å². The average Bonchev–Trinajstić information content (AvgIpc) is 2.95. The van der Waals surface area contributed by atoms with Gasteiger partial charge in [0.15, 0.2) is 0 Å². The number of hydrogen-bond acceptors (Lipinski definition) is 4. The molecule has 1 aliphatic carbocycles. The van der Waals surface area contributed by atoms with E-state index in [9.17, 15) is 9.59 Å². The highest BCUT2D eigenvalue weighted by Crippen LogP contribution is 2.34. The van der Waals surface area contributed by atoms with Crippen LogP contribution in [0.25, 0.3) is 0 Å². The van der Waals surface area contributed by atoms with Crippen molar-refractivity contribution in [2.75, 3.05) is 6.61 Å². The van der Waals surface area contributed by atoms with Gasteiger partial charge in [0.1, 0.15) is 12.7 Å². The van der Waals surface area contributed by atoms with Gasteiger partial charge in [-0.1, -0.05) is 48.6 Å². The zero-order chi connectivity index (χ0) is 19.9. The molecule has 5 heteroatoms. The third kappa shape index (κ3) is 5.35. The van der Waals surface area contributed by atoms with Gasteiger partial charge < -0.3 is 14.8 Å². The number of rotatable bonds is 4. The molecule has 28 heavy (non-hydrogen) atoms. The number of ether oxygens (including phenoxy) is 2. The summed E-state index contributed by atoms with van der Waals surface area (Å²) in [7, 11) is 0. The van der Waals surface area contributed by atoms with E-state index in [2.05, 4.69) is 24.9 Å². The minimum Gasteiger partial charge on any atom is -0.454 e. The lowest BCUT2D eigenvalue weighted by molar-refractivity contribution is -0.137. The van der Waals surface area contributed by atoms with E-state index in [-0.39, 0.29) is 24.6 Å². The van der Waals surface area contributed by atoms with E-state index in [0.29, 0.717) is 12.1 Å². The first kappa shape index (κ1) is 19.9. The van der Waals surface area contributed by atoms with Crippen LogP contribution in [0.5, 0.6) is 0 Å². The van der Waals surface area contributed by atoms with Gasteiger partial charge in [-0.25, -0.2) is 9.59 Å². The fourth-order valence-electron chi connectivity index (χ4n) is 3.54. The van der Waals surface area contributed by atoms with Crippen molar-refractivity contribution in [1.82, 2.24) is 5.32 Å². The second kappa shape index (κ2) is 9.40. The van der Waals surface area contributed by atoms with Crippen LogP contribution >= 0.6 is 0 Å². The second-order valence-electron chi connectivity index (χ2n) is 7.37. The van der Waals surface area contributed by atoms with Gasteiger partial charge in [0.05, 0.1) is 0 Å². The number of fused-ring (bicyclic) bond motifs is 1. The summed E-state index contributed by atoms with van der Waals surface area (Å²) >= 11 is 0. The SMILES string of the molecule is C=C1C(=O)OC2C=C(C)CCC=C(COC(=O)NCc3ccccc3)CCC12. The molecule has 1 aromatic carbocycles. The van der Waals surface area contributed by atoms with Gasteiger partial charge in [-0.2, -0.15) is 0 Å².